The van der Waals surface area contributed by atoms with Crippen LogP contribution in [0.25, 0.3) is 0 Å². The SMILES string of the molecule is Nc1ccccc1NC(=O)c1ccc(N2CC[C@H](NS(=O)(=O)Cc3ccccc3)C2)cc1. The zero-order valence-electron chi connectivity index (χ0n) is 17.6. The van der Waals surface area contributed by atoms with Gasteiger partial charge in [0.25, 0.3) is 5.91 Å². The molecule has 0 aliphatic carbocycles. The number of benzene rings is 3. The number of sulfonamides is 1. The van der Waals surface area contributed by atoms with E-state index in [4.69, 9.17) is 5.73 Å². The molecule has 0 unspecified atom stereocenters. The number of carbonyl (C=O) groups is 1. The van der Waals surface area contributed by atoms with Gasteiger partial charge in [-0.3, -0.25) is 4.79 Å². The van der Waals surface area contributed by atoms with Crippen LogP contribution in [0.3, 0.4) is 0 Å². The van der Waals surface area contributed by atoms with E-state index >= 15 is 0 Å². The van der Waals surface area contributed by atoms with Crippen LogP contribution in [0.15, 0.2) is 78.9 Å². The van der Waals surface area contributed by atoms with Crippen molar-refractivity contribution in [3.05, 3.63) is 90.0 Å². The highest BCUT2D eigenvalue weighted by atomic mass is 32.2. The van der Waals surface area contributed by atoms with Gasteiger partial charge >= 0.3 is 0 Å². The molecule has 1 fully saturated rings. The van der Waals surface area contributed by atoms with Crippen molar-refractivity contribution in [1.82, 2.24) is 4.72 Å². The minimum Gasteiger partial charge on any atom is -0.397 e. The topological polar surface area (TPSA) is 105 Å². The van der Waals surface area contributed by atoms with Crippen molar-refractivity contribution in [1.29, 1.82) is 0 Å². The van der Waals surface area contributed by atoms with E-state index in [0.717, 1.165) is 24.2 Å². The molecule has 0 saturated carbocycles. The Labute approximate surface area is 188 Å². The Morgan fingerprint density at radius 2 is 1.66 bits per heavy atom. The quantitative estimate of drug-likeness (QED) is 0.480. The van der Waals surface area contributed by atoms with E-state index in [9.17, 15) is 13.2 Å². The summed E-state index contributed by atoms with van der Waals surface area (Å²) >= 11 is 0. The Kier molecular flexibility index (Phi) is 6.43. The molecule has 7 nitrogen and oxygen atoms in total. The van der Waals surface area contributed by atoms with Gasteiger partial charge in [0.05, 0.1) is 17.1 Å². The molecular formula is C24H26N4O3S. The molecule has 0 aromatic heterocycles. The fourth-order valence-electron chi connectivity index (χ4n) is 3.81. The van der Waals surface area contributed by atoms with Crippen LogP contribution in [0, 0.1) is 0 Å². The van der Waals surface area contributed by atoms with E-state index in [1.807, 2.05) is 54.6 Å². The summed E-state index contributed by atoms with van der Waals surface area (Å²) in [4.78, 5) is 14.6. The van der Waals surface area contributed by atoms with Crippen LogP contribution in [0.1, 0.15) is 22.3 Å². The van der Waals surface area contributed by atoms with Crippen molar-refractivity contribution >= 4 is 33.0 Å². The van der Waals surface area contributed by atoms with Gasteiger partial charge in [-0.25, -0.2) is 13.1 Å². The molecule has 1 saturated heterocycles. The largest absolute Gasteiger partial charge is 0.397 e. The summed E-state index contributed by atoms with van der Waals surface area (Å²) in [6, 6.07) is 23.4. The maximum absolute atomic E-state index is 12.5. The van der Waals surface area contributed by atoms with Crippen molar-refractivity contribution in [2.24, 2.45) is 0 Å². The van der Waals surface area contributed by atoms with E-state index < -0.39 is 10.0 Å². The predicted molar refractivity (Wildman–Crippen MR) is 128 cm³/mol. The average molecular weight is 451 g/mol. The minimum atomic E-state index is -3.41. The lowest BCUT2D eigenvalue weighted by molar-refractivity contribution is 0.102. The molecule has 8 heteroatoms. The van der Waals surface area contributed by atoms with E-state index in [1.165, 1.54) is 0 Å². The number of hydrogen-bond donors (Lipinski definition) is 3. The van der Waals surface area contributed by atoms with Gasteiger partial charge in [-0.2, -0.15) is 0 Å². The lowest BCUT2D eigenvalue weighted by Gasteiger charge is -2.19. The number of hydrogen-bond acceptors (Lipinski definition) is 5. The van der Waals surface area contributed by atoms with E-state index in [0.29, 0.717) is 23.5 Å². The monoisotopic (exact) mass is 450 g/mol. The van der Waals surface area contributed by atoms with Crippen molar-refractivity contribution in [3.63, 3.8) is 0 Å². The van der Waals surface area contributed by atoms with Crippen LogP contribution in [0.4, 0.5) is 17.1 Å². The summed E-state index contributed by atoms with van der Waals surface area (Å²) in [5.74, 6) is -0.262. The molecule has 0 bridgehead atoms. The predicted octanol–water partition coefficient (Wildman–Crippen LogP) is 3.22. The molecule has 3 aromatic rings. The number of nitrogen functional groups attached to an aromatic ring is 1. The number of anilines is 3. The third-order valence-corrected chi connectivity index (χ3v) is 6.84. The first-order valence-corrected chi connectivity index (χ1v) is 12.1. The Hall–Kier alpha value is -3.36. The van der Waals surface area contributed by atoms with Crippen LogP contribution in [0.2, 0.25) is 0 Å². The van der Waals surface area contributed by atoms with Gasteiger partial charge in [-0.15, -0.1) is 0 Å². The van der Waals surface area contributed by atoms with E-state index in [1.54, 1.807) is 24.3 Å². The molecule has 0 spiro atoms. The molecule has 166 valence electrons. The summed E-state index contributed by atoms with van der Waals surface area (Å²) in [6.07, 6.45) is 0.726. The van der Waals surface area contributed by atoms with Crippen molar-refractivity contribution in [2.45, 2.75) is 18.2 Å². The van der Waals surface area contributed by atoms with E-state index in [2.05, 4.69) is 14.9 Å². The maximum Gasteiger partial charge on any atom is 0.255 e. The zero-order chi connectivity index (χ0) is 22.6. The summed E-state index contributed by atoms with van der Waals surface area (Å²) in [7, 11) is -3.41. The Bertz CT molecular complexity index is 1180. The Morgan fingerprint density at radius 1 is 0.969 bits per heavy atom. The van der Waals surface area contributed by atoms with Gasteiger partial charge in [0.1, 0.15) is 0 Å². The standard InChI is InChI=1S/C24H26N4O3S/c25-22-8-4-5-9-23(22)26-24(29)19-10-12-21(13-11-19)28-15-14-20(16-28)27-32(30,31)17-18-6-2-1-3-7-18/h1-13,20,27H,14-17,25H2,(H,26,29)/t20-/m0/s1. The van der Waals surface area contributed by atoms with Gasteiger partial charge < -0.3 is 16.0 Å². The third kappa shape index (κ3) is 5.46. The van der Waals surface area contributed by atoms with Crippen molar-refractivity contribution in [3.8, 4) is 0 Å². The first-order chi connectivity index (χ1) is 15.4. The number of para-hydroxylation sites is 2. The molecule has 3 aromatic carbocycles. The van der Waals surface area contributed by atoms with Gasteiger partial charge in [-0.1, -0.05) is 42.5 Å². The Balaban J connectivity index is 1.34. The fraction of sp³-hybridized carbons (Fsp3) is 0.208. The van der Waals surface area contributed by atoms with Crippen LogP contribution in [-0.4, -0.2) is 33.5 Å². The number of amides is 1. The molecule has 4 rings (SSSR count). The second-order valence-electron chi connectivity index (χ2n) is 7.88. The van der Waals surface area contributed by atoms with Crippen molar-refractivity contribution in [2.75, 3.05) is 29.0 Å². The van der Waals surface area contributed by atoms with Gasteiger partial charge in [-0.05, 0) is 48.4 Å². The van der Waals surface area contributed by atoms with Crippen LogP contribution in [0.5, 0.6) is 0 Å². The van der Waals surface area contributed by atoms with Crippen LogP contribution < -0.4 is 20.7 Å². The van der Waals surface area contributed by atoms with Crippen LogP contribution >= 0.6 is 0 Å². The number of nitrogens with two attached hydrogens (primary N) is 1. The smallest absolute Gasteiger partial charge is 0.255 e. The highest BCUT2D eigenvalue weighted by Gasteiger charge is 2.26. The molecule has 1 aliphatic heterocycles. The molecule has 1 amide bonds. The molecular weight excluding hydrogens is 424 g/mol. The third-order valence-electron chi connectivity index (χ3n) is 5.44. The number of nitrogens with one attached hydrogen (secondary N) is 2. The highest BCUT2D eigenvalue weighted by Crippen LogP contribution is 2.23. The second kappa shape index (κ2) is 9.42. The zero-order valence-corrected chi connectivity index (χ0v) is 18.4. The molecule has 1 atom stereocenters. The van der Waals surface area contributed by atoms with Gasteiger partial charge in [0.15, 0.2) is 0 Å². The Morgan fingerprint density at radius 3 is 2.38 bits per heavy atom. The molecule has 1 aliphatic rings. The molecule has 1 heterocycles. The van der Waals surface area contributed by atoms with Gasteiger partial charge in [0, 0.05) is 30.4 Å². The van der Waals surface area contributed by atoms with E-state index in [-0.39, 0.29) is 17.7 Å². The van der Waals surface area contributed by atoms with Crippen LogP contribution in [-0.2, 0) is 15.8 Å². The number of nitrogens with zero attached hydrogens (tertiary/aromatic N) is 1. The first kappa shape index (κ1) is 21.9. The van der Waals surface area contributed by atoms with Crippen molar-refractivity contribution < 1.29 is 13.2 Å². The number of carbonyl (C=O) groups excluding carboxylic acids is 1. The lowest BCUT2D eigenvalue weighted by atomic mass is 10.1. The highest BCUT2D eigenvalue weighted by molar-refractivity contribution is 7.88. The minimum absolute atomic E-state index is 0.0277. The van der Waals surface area contributed by atoms with Gasteiger partial charge in [0.2, 0.25) is 10.0 Å². The summed E-state index contributed by atoms with van der Waals surface area (Å²) in [6.45, 7) is 1.32. The molecule has 4 N–H and O–H groups in total. The first-order valence-electron chi connectivity index (χ1n) is 10.4. The average Bonchev–Trinajstić information content (AvgIpc) is 3.23. The normalized spacial score (nSPS) is 16.1. The second-order valence-corrected chi connectivity index (χ2v) is 9.64. The molecule has 0 radical (unpaired) electrons. The molecule has 32 heavy (non-hydrogen) atoms. The lowest BCUT2D eigenvalue weighted by Crippen LogP contribution is -2.37. The summed E-state index contributed by atoms with van der Waals surface area (Å²) in [5.41, 5.74) is 9.21. The maximum atomic E-state index is 12.5. The number of rotatable bonds is 7. The summed E-state index contributed by atoms with van der Waals surface area (Å²) < 4.78 is 27.8. The summed E-state index contributed by atoms with van der Waals surface area (Å²) in [5, 5.41) is 2.81. The fourth-order valence-corrected chi connectivity index (χ4v) is 5.22.